The molecule has 3 fully saturated rings. The second-order valence-electron chi connectivity index (χ2n) is 18.8. The molecule has 1 heterocycles. The van der Waals surface area contributed by atoms with E-state index >= 15 is 4.79 Å². The number of Topliss-reactive ketones (excluding diaryl/α,β-unsaturated/α-hetero) is 1. The number of fused-ring (bicyclic) bond motifs is 2. The number of methoxy groups -OCH3 is 2. The third kappa shape index (κ3) is 6.54. The first-order valence-electron chi connectivity index (χ1n) is 21.5. The van der Waals surface area contributed by atoms with Crippen LogP contribution in [0.5, 0.6) is 11.5 Å². The van der Waals surface area contributed by atoms with Gasteiger partial charge in [0.2, 0.25) is 0 Å². The fourth-order valence-electron chi connectivity index (χ4n) is 12.8. The maximum absolute atomic E-state index is 15.2. The van der Waals surface area contributed by atoms with E-state index in [0.29, 0.717) is 50.6 Å². The Hall–Kier alpha value is -3.83. The van der Waals surface area contributed by atoms with E-state index in [1.807, 2.05) is 60.7 Å². The second-order valence-corrected chi connectivity index (χ2v) is 19.9. The molecule has 6 aliphatic carbocycles. The van der Waals surface area contributed by atoms with Crippen molar-refractivity contribution in [3.63, 3.8) is 0 Å². The Morgan fingerprint density at radius 2 is 1.64 bits per heavy atom. The number of nitrogens with zero attached hydrogens (tertiary/aromatic N) is 1. The molecule has 0 aliphatic heterocycles. The monoisotopic (exact) mass is 817 g/mol. The smallest absolute Gasteiger partial charge is 0.199 e. The lowest BCUT2D eigenvalue weighted by Gasteiger charge is -2.71. The fraction of sp³-hybridized carbons (Fsp3) is 0.500. The summed E-state index contributed by atoms with van der Waals surface area (Å²) in [5.41, 5.74) is 0.128. The van der Waals surface area contributed by atoms with Gasteiger partial charge in [-0.05, 0) is 91.3 Å². The molecule has 59 heavy (non-hydrogen) atoms. The number of rotatable bonds is 14. The van der Waals surface area contributed by atoms with Crippen LogP contribution in [0.4, 0.5) is 0 Å². The number of hydrogen-bond donors (Lipinski definition) is 3. The fourth-order valence-corrected chi connectivity index (χ4v) is 13.9. The zero-order valence-electron chi connectivity index (χ0n) is 34.9. The predicted molar refractivity (Wildman–Crippen MR) is 232 cm³/mol. The van der Waals surface area contributed by atoms with E-state index in [0.717, 1.165) is 63.8 Å². The molecular formula is C50H59NO7S. The predicted octanol–water partition coefficient (Wildman–Crippen LogP) is 8.77. The molecule has 9 heteroatoms. The molecule has 0 amide bonds. The van der Waals surface area contributed by atoms with Crippen molar-refractivity contribution in [3.8, 4) is 11.5 Å². The molecule has 3 N–H and O–H groups in total. The summed E-state index contributed by atoms with van der Waals surface area (Å²) >= 11 is 1.57. The van der Waals surface area contributed by atoms with Crippen molar-refractivity contribution in [2.45, 2.75) is 89.8 Å². The summed E-state index contributed by atoms with van der Waals surface area (Å²) in [6.07, 6.45) is 11.2. The number of allylic oxidation sites excluding steroid dienone is 4. The van der Waals surface area contributed by atoms with Gasteiger partial charge in [0.05, 0.1) is 50.1 Å². The third-order valence-electron chi connectivity index (χ3n) is 15.9. The van der Waals surface area contributed by atoms with Crippen LogP contribution in [0.1, 0.15) is 79.6 Å². The van der Waals surface area contributed by atoms with Gasteiger partial charge in [-0.25, -0.2) is 0 Å². The van der Waals surface area contributed by atoms with Gasteiger partial charge in [-0.1, -0.05) is 86.7 Å². The van der Waals surface area contributed by atoms with Crippen LogP contribution in [0.3, 0.4) is 0 Å². The largest absolute Gasteiger partial charge is 0.497 e. The van der Waals surface area contributed by atoms with Gasteiger partial charge >= 0.3 is 0 Å². The van der Waals surface area contributed by atoms with Crippen molar-refractivity contribution in [1.29, 1.82) is 0 Å². The summed E-state index contributed by atoms with van der Waals surface area (Å²) in [6, 6.07) is 26.0. The van der Waals surface area contributed by atoms with E-state index < -0.39 is 34.1 Å². The maximum Gasteiger partial charge on any atom is 0.199 e. The summed E-state index contributed by atoms with van der Waals surface area (Å²) < 4.78 is 18.4. The van der Waals surface area contributed by atoms with Crippen LogP contribution in [-0.2, 0) is 17.9 Å². The standard InChI is InChI=1S/C50H59NO7S/c1-46-19-16-36(52)26-48(46)22-23-50(39(27-48)45(54)42-24-34-12-8-9-13-41(34)59-42)43(46)17-20-47(2)44(50)18-21-49(47,55)32-51(28-35-14-15-38(56-3)25-40(35)57-4)29-37(53)31-58-30-33-10-6-5-7-11-33/h5-15,22-25,27,36-37,43-44,52-53,55H,16-21,26,28-32H2,1-4H3. The Bertz CT molecular complexity index is 2240. The van der Waals surface area contributed by atoms with E-state index in [-0.39, 0.29) is 29.6 Å². The van der Waals surface area contributed by atoms with Gasteiger partial charge in [-0.15, -0.1) is 11.3 Å². The minimum absolute atomic E-state index is 0.0121. The summed E-state index contributed by atoms with van der Waals surface area (Å²) in [6.45, 7) is 6.33. The molecule has 2 spiro atoms. The highest BCUT2D eigenvalue weighted by Crippen LogP contribution is 2.78. The molecule has 0 saturated heterocycles. The lowest BCUT2D eigenvalue weighted by molar-refractivity contribution is -0.177. The topological polar surface area (TPSA) is 109 Å². The van der Waals surface area contributed by atoms with Crippen LogP contribution in [0, 0.1) is 33.5 Å². The molecule has 8 nitrogen and oxygen atoms in total. The van der Waals surface area contributed by atoms with Gasteiger partial charge in [0.1, 0.15) is 11.5 Å². The average Bonchev–Trinajstić information content (AvgIpc) is 3.79. The minimum atomic E-state index is -1.11. The van der Waals surface area contributed by atoms with E-state index in [4.69, 9.17) is 14.2 Å². The van der Waals surface area contributed by atoms with E-state index in [2.05, 4.69) is 55.2 Å². The van der Waals surface area contributed by atoms with Crippen LogP contribution in [0.15, 0.2) is 103 Å². The Morgan fingerprint density at radius 3 is 2.42 bits per heavy atom. The number of aliphatic hydroxyl groups excluding tert-OH is 2. The molecule has 3 saturated carbocycles. The van der Waals surface area contributed by atoms with Crippen molar-refractivity contribution in [2.75, 3.05) is 33.9 Å². The van der Waals surface area contributed by atoms with Crippen molar-refractivity contribution >= 4 is 27.2 Å². The van der Waals surface area contributed by atoms with Crippen LogP contribution in [0.25, 0.3) is 10.1 Å². The zero-order chi connectivity index (χ0) is 41.2. The van der Waals surface area contributed by atoms with Gasteiger partial charge in [0.25, 0.3) is 0 Å². The number of benzene rings is 3. The Balaban J connectivity index is 1.06. The lowest BCUT2D eigenvalue weighted by Crippen LogP contribution is -2.67. The molecule has 0 radical (unpaired) electrons. The first-order chi connectivity index (χ1) is 28.4. The van der Waals surface area contributed by atoms with E-state index in [1.54, 1.807) is 25.6 Å². The molecule has 2 bridgehead atoms. The first kappa shape index (κ1) is 40.6. The van der Waals surface area contributed by atoms with Gasteiger partial charge in [-0.3, -0.25) is 9.69 Å². The quantitative estimate of drug-likeness (QED) is 0.0857. The normalized spacial score (nSPS) is 33.6. The summed E-state index contributed by atoms with van der Waals surface area (Å²) in [5, 5.41) is 37.1. The number of carbonyl (C=O) groups excluding carboxylic acids is 1. The minimum Gasteiger partial charge on any atom is -0.497 e. The van der Waals surface area contributed by atoms with Crippen LogP contribution in [-0.4, -0.2) is 77.7 Å². The molecule has 10 rings (SSSR count). The zero-order valence-corrected chi connectivity index (χ0v) is 35.7. The molecule has 3 aromatic carbocycles. The summed E-state index contributed by atoms with van der Waals surface area (Å²) in [5.74, 6) is 1.69. The molecule has 9 atom stereocenters. The van der Waals surface area contributed by atoms with Gasteiger partial charge in [0.15, 0.2) is 5.78 Å². The Morgan fingerprint density at radius 1 is 0.898 bits per heavy atom. The highest BCUT2D eigenvalue weighted by molar-refractivity contribution is 7.21. The van der Waals surface area contributed by atoms with Crippen molar-refractivity contribution < 1.29 is 34.3 Å². The number of ketones is 1. The molecule has 4 aromatic rings. The van der Waals surface area contributed by atoms with Crippen LogP contribution < -0.4 is 9.47 Å². The maximum atomic E-state index is 15.2. The lowest BCUT2D eigenvalue weighted by atomic mass is 9.32. The molecular weight excluding hydrogens is 759 g/mol. The Labute approximate surface area is 352 Å². The summed E-state index contributed by atoms with van der Waals surface area (Å²) in [7, 11) is 3.29. The van der Waals surface area contributed by atoms with Crippen LogP contribution >= 0.6 is 11.3 Å². The van der Waals surface area contributed by atoms with E-state index in [9.17, 15) is 15.3 Å². The van der Waals surface area contributed by atoms with Crippen molar-refractivity contribution in [1.82, 2.24) is 4.90 Å². The number of hydrogen-bond acceptors (Lipinski definition) is 9. The Kier molecular flexibility index (Phi) is 10.5. The summed E-state index contributed by atoms with van der Waals surface area (Å²) in [4.78, 5) is 18.1. The molecule has 9 unspecified atom stereocenters. The molecule has 6 aliphatic rings. The SMILES string of the molecule is COc1ccc(CN(CC(O)COCc2ccccc2)CC2(O)CCC3C45C=CC6(C=C4C(=O)c4cc7ccccc7s4)CC(O)CCC6(C)C5CCC32C)c(OC)c1. The van der Waals surface area contributed by atoms with E-state index in [1.165, 1.54) is 0 Å². The van der Waals surface area contributed by atoms with Crippen LogP contribution in [0.2, 0.25) is 0 Å². The molecule has 312 valence electrons. The number of thiophene rings is 1. The van der Waals surface area contributed by atoms with Crippen molar-refractivity contribution in [3.05, 3.63) is 119 Å². The third-order valence-corrected chi connectivity index (χ3v) is 17.0. The first-order valence-corrected chi connectivity index (χ1v) is 22.3. The highest BCUT2D eigenvalue weighted by atomic mass is 32.1. The van der Waals surface area contributed by atoms with Gasteiger partial charge < -0.3 is 29.5 Å². The number of ether oxygens (including phenoxy) is 3. The average molecular weight is 818 g/mol. The van der Waals surface area contributed by atoms with Gasteiger partial charge in [-0.2, -0.15) is 0 Å². The molecule has 1 aromatic heterocycles. The highest BCUT2D eigenvalue weighted by Gasteiger charge is 2.74. The van der Waals surface area contributed by atoms with Gasteiger partial charge in [0, 0.05) is 57.8 Å². The van der Waals surface area contributed by atoms with Crippen molar-refractivity contribution in [2.24, 2.45) is 33.5 Å². The second kappa shape index (κ2) is 15.3. The number of carbonyl (C=O) groups is 1. The number of aliphatic hydroxyl groups is 3.